The van der Waals surface area contributed by atoms with Gasteiger partial charge in [0.05, 0.1) is 7.11 Å². The van der Waals surface area contributed by atoms with Gasteiger partial charge in [0.2, 0.25) is 17.8 Å². The van der Waals surface area contributed by atoms with Crippen molar-refractivity contribution in [3.63, 3.8) is 0 Å². The largest absolute Gasteiger partial charge is 0.497 e. The maximum Gasteiger partial charge on any atom is 0.233 e. The molecule has 0 bridgehead atoms. The number of aromatic nitrogens is 3. The monoisotopic (exact) mass is 377 g/mol. The highest BCUT2D eigenvalue weighted by Crippen LogP contribution is 2.29. The van der Waals surface area contributed by atoms with Gasteiger partial charge in [-0.25, -0.2) is 0 Å². The second kappa shape index (κ2) is 7.99. The Bertz CT molecular complexity index is 959. The molecule has 4 rings (SSSR count). The van der Waals surface area contributed by atoms with Gasteiger partial charge in [0.1, 0.15) is 5.75 Å². The maximum atomic E-state index is 5.86. The molecule has 1 fully saturated rings. The van der Waals surface area contributed by atoms with Crippen LogP contribution in [0.15, 0.2) is 48.5 Å². The molecule has 0 aliphatic heterocycles. The molecule has 1 heterocycles. The summed E-state index contributed by atoms with van der Waals surface area (Å²) in [4.78, 5) is 13.5. The lowest BCUT2D eigenvalue weighted by atomic mass is 10.3. The zero-order valence-corrected chi connectivity index (χ0v) is 15.6. The molecular weight excluding hydrogens is 354 g/mol. The van der Waals surface area contributed by atoms with Gasteiger partial charge in [-0.05, 0) is 49.1 Å². The Labute approximate surface area is 163 Å². The van der Waals surface area contributed by atoms with E-state index in [-0.39, 0.29) is 0 Å². The highest BCUT2D eigenvalue weighted by Gasteiger charge is 2.21. The highest BCUT2D eigenvalue weighted by molar-refractivity contribution is 5.62. The van der Waals surface area contributed by atoms with E-state index in [4.69, 9.17) is 10.5 Å². The third kappa shape index (κ3) is 4.79. The van der Waals surface area contributed by atoms with Crippen molar-refractivity contribution in [1.29, 1.82) is 0 Å². The van der Waals surface area contributed by atoms with Crippen LogP contribution in [0.3, 0.4) is 0 Å². The van der Waals surface area contributed by atoms with E-state index in [0.717, 1.165) is 23.7 Å². The number of anilines is 6. The number of nitrogens with two attached hydrogens (primary N) is 1. The average molecular weight is 377 g/mol. The van der Waals surface area contributed by atoms with E-state index in [1.807, 2.05) is 48.5 Å². The van der Waals surface area contributed by atoms with E-state index >= 15 is 0 Å². The van der Waals surface area contributed by atoms with Crippen LogP contribution in [0.25, 0.3) is 0 Å². The molecule has 144 valence electrons. The number of hydrogen-bond acceptors (Lipinski definition) is 8. The van der Waals surface area contributed by atoms with Crippen LogP contribution in [-0.4, -0.2) is 28.6 Å². The molecule has 0 amide bonds. The quantitative estimate of drug-likeness (QED) is 0.439. The Kier molecular flexibility index (Phi) is 5.09. The molecule has 1 aromatic heterocycles. The summed E-state index contributed by atoms with van der Waals surface area (Å²) in [7, 11) is 1.63. The summed E-state index contributed by atoms with van der Waals surface area (Å²) < 4.78 is 5.27. The zero-order chi connectivity index (χ0) is 19.3. The van der Waals surface area contributed by atoms with Crippen molar-refractivity contribution >= 4 is 34.9 Å². The maximum absolute atomic E-state index is 5.86. The van der Waals surface area contributed by atoms with E-state index in [9.17, 15) is 0 Å². The van der Waals surface area contributed by atoms with Gasteiger partial charge < -0.3 is 26.4 Å². The molecule has 0 spiro atoms. The molecule has 0 unspecified atom stereocenters. The Morgan fingerprint density at radius 2 is 1.57 bits per heavy atom. The molecule has 0 saturated heterocycles. The van der Waals surface area contributed by atoms with E-state index < -0.39 is 0 Å². The molecule has 2 aromatic carbocycles. The second-order valence-electron chi connectivity index (χ2n) is 6.74. The van der Waals surface area contributed by atoms with Gasteiger partial charge in [-0.1, -0.05) is 12.1 Å². The Balaban J connectivity index is 1.58. The molecule has 3 aromatic rings. The topological polar surface area (TPSA) is 110 Å². The summed E-state index contributed by atoms with van der Waals surface area (Å²) >= 11 is 0. The first-order valence-electron chi connectivity index (χ1n) is 9.21. The van der Waals surface area contributed by atoms with Gasteiger partial charge in [-0.2, -0.15) is 15.0 Å². The number of nitrogen functional groups attached to an aromatic ring is 1. The summed E-state index contributed by atoms with van der Waals surface area (Å²) in [6, 6.07) is 15.0. The third-order valence-electron chi connectivity index (χ3n) is 4.35. The van der Waals surface area contributed by atoms with Crippen LogP contribution < -0.4 is 26.4 Å². The predicted molar refractivity (Wildman–Crippen MR) is 111 cm³/mol. The summed E-state index contributed by atoms with van der Waals surface area (Å²) in [5.41, 5.74) is 8.17. The fraction of sp³-hybridized carbons (Fsp3) is 0.250. The molecule has 8 nitrogen and oxygen atoms in total. The molecule has 8 heteroatoms. The van der Waals surface area contributed by atoms with Crippen LogP contribution in [-0.2, 0) is 0 Å². The molecule has 1 saturated carbocycles. The summed E-state index contributed by atoms with van der Waals surface area (Å²) in [5.74, 6) is 2.86. The summed E-state index contributed by atoms with van der Waals surface area (Å²) in [6.07, 6.45) is 2.50. The number of rotatable bonds is 8. The minimum Gasteiger partial charge on any atom is -0.497 e. The standard InChI is InChI=1S/C20H23N7O/c1-28-17-7-3-6-16(11-17)24-20-26-18(22-12-13-8-9-13)25-19(27-20)23-15-5-2-4-14(21)10-15/h2-7,10-11,13H,8-9,12,21H2,1H3,(H3,22,23,24,25,26,27). The molecule has 0 radical (unpaired) electrons. The van der Waals surface area contributed by atoms with Crippen molar-refractivity contribution in [3.8, 4) is 5.75 Å². The van der Waals surface area contributed by atoms with Crippen molar-refractivity contribution in [1.82, 2.24) is 15.0 Å². The lowest BCUT2D eigenvalue weighted by molar-refractivity contribution is 0.415. The SMILES string of the molecule is COc1cccc(Nc2nc(NCC3CC3)nc(Nc3cccc(N)c3)n2)c1. The Hall–Kier alpha value is -3.55. The van der Waals surface area contributed by atoms with Gasteiger partial charge in [0.15, 0.2) is 0 Å². The van der Waals surface area contributed by atoms with Crippen LogP contribution in [0.1, 0.15) is 12.8 Å². The Morgan fingerprint density at radius 1 is 0.929 bits per heavy atom. The van der Waals surface area contributed by atoms with Crippen LogP contribution >= 0.6 is 0 Å². The van der Waals surface area contributed by atoms with Crippen molar-refractivity contribution in [2.45, 2.75) is 12.8 Å². The number of ether oxygens (including phenoxy) is 1. The van der Waals surface area contributed by atoms with Gasteiger partial charge in [0.25, 0.3) is 0 Å². The van der Waals surface area contributed by atoms with Crippen LogP contribution in [0.2, 0.25) is 0 Å². The smallest absolute Gasteiger partial charge is 0.233 e. The number of nitrogens with one attached hydrogen (secondary N) is 3. The van der Waals surface area contributed by atoms with Gasteiger partial charge in [0, 0.05) is 29.7 Å². The summed E-state index contributed by atoms with van der Waals surface area (Å²) in [6.45, 7) is 0.861. The predicted octanol–water partition coefficient (Wildman–Crippen LogP) is 3.77. The number of nitrogens with zero attached hydrogens (tertiary/aromatic N) is 3. The van der Waals surface area contributed by atoms with E-state index in [1.165, 1.54) is 12.8 Å². The first-order valence-corrected chi connectivity index (χ1v) is 9.21. The second-order valence-corrected chi connectivity index (χ2v) is 6.74. The molecule has 28 heavy (non-hydrogen) atoms. The fourth-order valence-electron chi connectivity index (χ4n) is 2.70. The Morgan fingerprint density at radius 3 is 2.21 bits per heavy atom. The van der Waals surface area contributed by atoms with E-state index in [0.29, 0.717) is 29.5 Å². The molecule has 1 aliphatic carbocycles. The average Bonchev–Trinajstić information content (AvgIpc) is 3.51. The fourth-order valence-corrected chi connectivity index (χ4v) is 2.70. The summed E-state index contributed by atoms with van der Waals surface area (Å²) in [5, 5.41) is 9.70. The number of benzene rings is 2. The van der Waals surface area contributed by atoms with Crippen LogP contribution in [0.5, 0.6) is 5.75 Å². The lowest BCUT2D eigenvalue weighted by Crippen LogP contribution is -2.11. The molecular formula is C20H23N7O. The van der Waals surface area contributed by atoms with Crippen LogP contribution in [0.4, 0.5) is 34.9 Å². The highest BCUT2D eigenvalue weighted by atomic mass is 16.5. The molecule has 1 aliphatic rings. The third-order valence-corrected chi connectivity index (χ3v) is 4.35. The zero-order valence-electron chi connectivity index (χ0n) is 15.6. The van der Waals surface area contributed by atoms with Crippen molar-refractivity contribution in [2.24, 2.45) is 5.92 Å². The van der Waals surface area contributed by atoms with E-state index in [1.54, 1.807) is 7.11 Å². The molecule has 0 atom stereocenters. The van der Waals surface area contributed by atoms with Gasteiger partial charge in [-0.15, -0.1) is 0 Å². The first-order chi connectivity index (χ1) is 13.7. The van der Waals surface area contributed by atoms with Crippen molar-refractivity contribution in [2.75, 3.05) is 35.3 Å². The lowest BCUT2D eigenvalue weighted by Gasteiger charge is -2.12. The number of methoxy groups -OCH3 is 1. The molecule has 5 N–H and O–H groups in total. The van der Waals surface area contributed by atoms with Crippen molar-refractivity contribution in [3.05, 3.63) is 48.5 Å². The first kappa shape index (κ1) is 17.8. The number of hydrogen-bond donors (Lipinski definition) is 4. The minimum atomic E-state index is 0.435. The van der Waals surface area contributed by atoms with E-state index in [2.05, 4.69) is 30.9 Å². The van der Waals surface area contributed by atoms with Crippen molar-refractivity contribution < 1.29 is 4.74 Å². The van der Waals surface area contributed by atoms with Gasteiger partial charge >= 0.3 is 0 Å². The normalized spacial score (nSPS) is 13.0. The van der Waals surface area contributed by atoms with Gasteiger partial charge in [-0.3, -0.25) is 0 Å². The van der Waals surface area contributed by atoms with Crippen LogP contribution in [0, 0.1) is 5.92 Å². The minimum absolute atomic E-state index is 0.435.